The molecule has 0 amide bonds. The Morgan fingerprint density at radius 1 is 1.04 bits per heavy atom. The zero-order valence-corrected chi connectivity index (χ0v) is 16.4. The zero-order chi connectivity index (χ0) is 18.6. The minimum absolute atomic E-state index is 0.0274. The predicted molar refractivity (Wildman–Crippen MR) is 105 cm³/mol. The van der Waals surface area contributed by atoms with E-state index in [1.807, 2.05) is 6.07 Å². The summed E-state index contributed by atoms with van der Waals surface area (Å²) in [4.78, 5) is 2.65. The highest BCUT2D eigenvalue weighted by atomic mass is 32.2. The third-order valence-electron chi connectivity index (χ3n) is 4.72. The van der Waals surface area contributed by atoms with Crippen LogP contribution in [0.3, 0.4) is 0 Å². The van der Waals surface area contributed by atoms with Gasteiger partial charge < -0.3 is 0 Å². The quantitative estimate of drug-likeness (QED) is 0.810. The summed E-state index contributed by atoms with van der Waals surface area (Å²) in [7, 11) is -3.43. The number of nitrogens with one attached hydrogen (secondary N) is 1. The van der Waals surface area contributed by atoms with E-state index in [0.29, 0.717) is 10.8 Å². The van der Waals surface area contributed by atoms with E-state index in [1.54, 1.807) is 24.3 Å². The van der Waals surface area contributed by atoms with Gasteiger partial charge in [0.15, 0.2) is 0 Å². The van der Waals surface area contributed by atoms with Crippen molar-refractivity contribution in [1.82, 2.24) is 9.62 Å². The molecule has 0 aromatic heterocycles. The van der Waals surface area contributed by atoms with Crippen LogP contribution < -0.4 is 4.72 Å². The number of nitrogens with zero attached hydrogens (tertiary/aromatic N) is 1. The van der Waals surface area contributed by atoms with Crippen LogP contribution in [0.25, 0.3) is 0 Å². The fraction of sp³-hybridized carbons (Fsp3) is 0.429. The zero-order valence-electron chi connectivity index (χ0n) is 15.6. The molecular formula is C21H28N2O2S. The predicted octanol–water partition coefficient (Wildman–Crippen LogP) is 3.44. The Bertz CT molecular complexity index is 802. The second kappa shape index (κ2) is 8.33. The summed E-state index contributed by atoms with van der Waals surface area (Å²) in [6.07, 6.45) is 1.95. The molecule has 2 aromatic rings. The highest BCUT2D eigenvalue weighted by Gasteiger charge is 2.27. The van der Waals surface area contributed by atoms with Gasteiger partial charge >= 0.3 is 0 Å². The number of likely N-dealkylation sites (tertiary alicyclic amines) is 1. The van der Waals surface area contributed by atoms with Crippen LogP contribution in [0.4, 0.5) is 0 Å². The molecule has 1 aliphatic heterocycles. The van der Waals surface area contributed by atoms with Gasteiger partial charge in [0.2, 0.25) is 10.0 Å². The normalized spacial score (nSPS) is 18.5. The molecule has 1 heterocycles. The second-order valence-electron chi connectivity index (χ2n) is 7.57. The van der Waals surface area contributed by atoms with Crippen LogP contribution >= 0.6 is 0 Å². The van der Waals surface area contributed by atoms with Gasteiger partial charge in [-0.25, -0.2) is 13.1 Å². The molecule has 1 atom stereocenters. The van der Waals surface area contributed by atoms with Gasteiger partial charge in [-0.3, -0.25) is 4.90 Å². The van der Waals surface area contributed by atoms with E-state index in [-0.39, 0.29) is 6.04 Å². The van der Waals surface area contributed by atoms with Crippen LogP contribution in [0.1, 0.15) is 31.4 Å². The van der Waals surface area contributed by atoms with Crippen molar-refractivity contribution < 1.29 is 8.42 Å². The van der Waals surface area contributed by atoms with Gasteiger partial charge in [-0.1, -0.05) is 56.3 Å². The third kappa shape index (κ3) is 5.16. The molecule has 2 aromatic carbocycles. The average molecular weight is 373 g/mol. The summed E-state index contributed by atoms with van der Waals surface area (Å²) in [5.74, 6) is 0.665. The van der Waals surface area contributed by atoms with Crippen LogP contribution in [-0.4, -0.2) is 32.4 Å². The SMILES string of the molecule is CC(C)Cc1ccc(CN2CC[C@@H](NS(=O)(=O)c3ccccc3)C2)cc1. The first kappa shape index (κ1) is 19.1. The maximum Gasteiger partial charge on any atom is 0.240 e. The first-order valence-electron chi connectivity index (χ1n) is 9.30. The van der Waals surface area contributed by atoms with E-state index in [4.69, 9.17) is 0 Å². The van der Waals surface area contributed by atoms with Crippen LogP contribution in [-0.2, 0) is 23.0 Å². The lowest BCUT2D eigenvalue weighted by Gasteiger charge is -2.17. The molecule has 26 heavy (non-hydrogen) atoms. The summed E-state index contributed by atoms with van der Waals surface area (Å²) in [5.41, 5.74) is 2.66. The Morgan fingerprint density at radius 3 is 2.35 bits per heavy atom. The van der Waals surface area contributed by atoms with Gasteiger partial charge in [0, 0.05) is 25.7 Å². The van der Waals surface area contributed by atoms with Crippen LogP contribution in [0.15, 0.2) is 59.5 Å². The maximum atomic E-state index is 12.4. The maximum absolute atomic E-state index is 12.4. The third-order valence-corrected chi connectivity index (χ3v) is 6.26. The van der Waals surface area contributed by atoms with E-state index in [0.717, 1.165) is 32.5 Å². The standard InChI is InChI=1S/C21H28N2O2S/c1-17(2)14-18-8-10-19(11-9-18)15-23-13-12-20(16-23)22-26(24,25)21-6-4-3-5-7-21/h3-11,17,20,22H,12-16H2,1-2H3/t20-/m1/s1. The minimum Gasteiger partial charge on any atom is -0.297 e. The smallest absolute Gasteiger partial charge is 0.240 e. The molecule has 3 rings (SSSR count). The first-order chi connectivity index (χ1) is 12.4. The summed E-state index contributed by atoms with van der Waals surface area (Å²) in [5, 5.41) is 0. The number of hydrogen-bond donors (Lipinski definition) is 1. The lowest BCUT2D eigenvalue weighted by atomic mass is 10.0. The highest BCUT2D eigenvalue weighted by Crippen LogP contribution is 2.17. The van der Waals surface area contributed by atoms with E-state index in [1.165, 1.54) is 11.1 Å². The number of sulfonamides is 1. The topological polar surface area (TPSA) is 49.4 Å². The number of benzene rings is 2. The lowest BCUT2D eigenvalue weighted by Crippen LogP contribution is -2.36. The molecule has 0 spiro atoms. The van der Waals surface area contributed by atoms with Crippen molar-refractivity contribution in [1.29, 1.82) is 0 Å². The molecule has 0 bridgehead atoms. The number of hydrogen-bond acceptors (Lipinski definition) is 3. The van der Waals surface area contributed by atoms with E-state index in [2.05, 4.69) is 47.7 Å². The molecule has 0 saturated carbocycles. The van der Waals surface area contributed by atoms with Crippen LogP contribution in [0.5, 0.6) is 0 Å². The molecule has 5 heteroatoms. The van der Waals surface area contributed by atoms with E-state index in [9.17, 15) is 8.42 Å². The summed E-state index contributed by atoms with van der Waals surface area (Å²) in [6.45, 7) is 6.99. The molecule has 1 aliphatic rings. The van der Waals surface area contributed by atoms with Gasteiger partial charge in [0.25, 0.3) is 0 Å². The Balaban J connectivity index is 1.54. The van der Waals surface area contributed by atoms with Crippen molar-refractivity contribution in [2.45, 2.75) is 44.2 Å². The molecule has 140 valence electrons. The molecule has 0 radical (unpaired) electrons. The minimum atomic E-state index is -3.43. The van der Waals surface area contributed by atoms with Crippen molar-refractivity contribution in [2.75, 3.05) is 13.1 Å². The van der Waals surface area contributed by atoms with Gasteiger partial charge in [-0.05, 0) is 42.0 Å². The first-order valence-corrected chi connectivity index (χ1v) is 10.8. The molecule has 4 nitrogen and oxygen atoms in total. The van der Waals surface area contributed by atoms with Crippen molar-refractivity contribution in [3.05, 3.63) is 65.7 Å². The molecule has 1 N–H and O–H groups in total. The van der Waals surface area contributed by atoms with Crippen molar-refractivity contribution in [3.8, 4) is 0 Å². The van der Waals surface area contributed by atoms with Gasteiger partial charge in [-0.15, -0.1) is 0 Å². The summed E-state index contributed by atoms with van der Waals surface area (Å²) < 4.78 is 27.7. The Morgan fingerprint density at radius 2 is 1.69 bits per heavy atom. The van der Waals surface area contributed by atoms with E-state index >= 15 is 0 Å². The molecule has 1 fully saturated rings. The molecule has 0 unspecified atom stereocenters. The van der Waals surface area contributed by atoms with Crippen LogP contribution in [0, 0.1) is 5.92 Å². The monoisotopic (exact) mass is 372 g/mol. The van der Waals surface area contributed by atoms with Crippen molar-refractivity contribution in [2.24, 2.45) is 5.92 Å². The fourth-order valence-corrected chi connectivity index (χ4v) is 4.75. The van der Waals surface area contributed by atoms with Gasteiger partial charge in [0.1, 0.15) is 0 Å². The largest absolute Gasteiger partial charge is 0.297 e. The molecular weight excluding hydrogens is 344 g/mol. The Kier molecular flexibility index (Phi) is 6.12. The summed E-state index contributed by atoms with van der Waals surface area (Å²) >= 11 is 0. The number of rotatable bonds is 7. The Labute approximate surface area is 157 Å². The van der Waals surface area contributed by atoms with Gasteiger partial charge in [0.05, 0.1) is 4.90 Å². The molecule has 1 saturated heterocycles. The van der Waals surface area contributed by atoms with Crippen molar-refractivity contribution in [3.63, 3.8) is 0 Å². The second-order valence-corrected chi connectivity index (χ2v) is 9.28. The fourth-order valence-electron chi connectivity index (χ4n) is 3.47. The highest BCUT2D eigenvalue weighted by molar-refractivity contribution is 7.89. The van der Waals surface area contributed by atoms with Crippen molar-refractivity contribution >= 4 is 10.0 Å². The van der Waals surface area contributed by atoms with Gasteiger partial charge in [-0.2, -0.15) is 0 Å². The van der Waals surface area contributed by atoms with E-state index < -0.39 is 10.0 Å². The van der Waals surface area contributed by atoms with Crippen LogP contribution in [0.2, 0.25) is 0 Å². The lowest BCUT2D eigenvalue weighted by molar-refractivity contribution is 0.324. The summed E-state index contributed by atoms with van der Waals surface area (Å²) in [6, 6.07) is 17.4. The Hall–Kier alpha value is -1.69. The average Bonchev–Trinajstić information content (AvgIpc) is 3.03. The molecule has 0 aliphatic carbocycles.